The number of nitrogens with zero attached hydrogens (tertiary/aromatic N) is 2. The Balaban J connectivity index is 2.15. The summed E-state index contributed by atoms with van der Waals surface area (Å²) in [5, 5.41) is 9.56. The second-order valence-corrected chi connectivity index (χ2v) is 5.05. The van der Waals surface area contributed by atoms with Gasteiger partial charge in [-0.1, -0.05) is 18.2 Å². The number of hydrogen-bond donors (Lipinski definition) is 1. The Morgan fingerprint density at radius 1 is 1.35 bits per heavy atom. The Morgan fingerprint density at radius 3 is 2.40 bits per heavy atom. The number of aliphatic carboxylic acids is 1. The Morgan fingerprint density at radius 2 is 1.95 bits per heavy atom. The fraction of sp³-hybridized carbons (Fsp3) is 0.467. The van der Waals surface area contributed by atoms with Crippen molar-refractivity contribution < 1.29 is 14.7 Å². The Kier molecular flexibility index (Phi) is 4.27. The highest BCUT2D eigenvalue weighted by Crippen LogP contribution is 2.30. The molecule has 1 N–H and O–H groups in total. The molecule has 108 valence electrons. The van der Waals surface area contributed by atoms with Gasteiger partial charge in [-0.15, -0.1) is 0 Å². The van der Waals surface area contributed by atoms with Crippen molar-refractivity contribution in [3.05, 3.63) is 30.3 Å². The SMILES string of the molecule is CCN(C=O)C1(C(=O)O)CCN(c2ccccc2)CC1. The second kappa shape index (κ2) is 5.94. The van der Waals surface area contributed by atoms with Crippen molar-refractivity contribution in [1.29, 1.82) is 0 Å². The van der Waals surface area contributed by atoms with Gasteiger partial charge in [0.1, 0.15) is 5.54 Å². The molecule has 1 aliphatic heterocycles. The van der Waals surface area contributed by atoms with E-state index in [0.717, 1.165) is 5.69 Å². The first-order valence-electron chi connectivity index (χ1n) is 6.89. The minimum Gasteiger partial charge on any atom is -0.479 e. The van der Waals surface area contributed by atoms with E-state index in [9.17, 15) is 14.7 Å². The van der Waals surface area contributed by atoms with Gasteiger partial charge < -0.3 is 14.9 Å². The molecule has 1 amide bonds. The molecule has 0 radical (unpaired) electrons. The highest BCUT2D eigenvalue weighted by Gasteiger charge is 2.45. The quantitative estimate of drug-likeness (QED) is 0.830. The number of anilines is 1. The first kappa shape index (κ1) is 14.4. The molecule has 5 nitrogen and oxygen atoms in total. The molecule has 5 heteroatoms. The lowest BCUT2D eigenvalue weighted by Crippen LogP contribution is -2.59. The summed E-state index contributed by atoms with van der Waals surface area (Å²) in [7, 11) is 0. The lowest BCUT2D eigenvalue weighted by atomic mass is 9.85. The van der Waals surface area contributed by atoms with Crippen LogP contribution >= 0.6 is 0 Å². The van der Waals surface area contributed by atoms with E-state index in [1.54, 1.807) is 0 Å². The van der Waals surface area contributed by atoms with Crippen molar-refractivity contribution >= 4 is 18.1 Å². The third-order valence-corrected chi connectivity index (χ3v) is 4.13. The van der Waals surface area contributed by atoms with Crippen LogP contribution in [0.15, 0.2) is 30.3 Å². The third kappa shape index (κ3) is 2.48. The van der Waals surface area contributed by atoms with Gasteiger partial charge in [0, 0.05) is 25.3 Å². The van der Waals surface area contributed by atoms with Crippen LogP contribution in [-0.2, 0) is 9.59 Å². The molecule has 0 atom stereocenters. The highest BCUT2D eigenvalue weighted by molar-refractivity contribution is 5.82. The van der Waals surface area contributed by atoms with Crippen LogP contribution in [0.25, 0.3) is 0 Å². The van der Waals surface area contributed by atoms with Crippen LogP contribution in [0.1, 0.15) is 19.8 Å². The van der Waals surface area contributed by atoms with Crippen molar-refractivity contribution in [3.63, 3.8) is 0 Å². The van der Waals surface area contributed by atoms with Gasteiger partial charge in [-0.2, -0.15) is 0 Å². The molecule has 2 rings (SSSR count). The van der Waals surface area contributed by atoms with Gasteiger partial charge in [0.2, 0.25) is 6.41 Å². The summed E-state index contributed by atoms with van der Waals surface area (Å²) in [6.45, 7) is 3.51. The van der Waals surface area contributed by atoms with Crippen LogP contribution in [0.5, 0.6) is 0 Å². The van der Waals surface area contributed by atoms with Gasteiger partial charge in [0.25, 0.3) is 0 Å². The molecule has 1 aliphatic rings. The van der Waals surface area contributed by atoms with Crippen LogP contribution in [0.3, 0.4) is 0 Å². The van der Waals surface area contributed by atoms with Gasteiger partial charge in [-0.05, 0) is 31.9 Å². The molecule has 1 aromatic rings. The van der Waals surface area contributed by atoms with Crippen molar-refractivity contribution in [2.45, 2.75) is 25.3 Å². The maximum absolute atomic E-state index is 11.7. The smallest absolute Gasteiger partial charge is 0.329 e. The van der Waals surface area contributed by atoms with Gasteiger partial charge >= 0.3 is 5.97 Å². The maximum atomic E-state index is 11.7. The Bertz CT molecular complexity index is 467. The summed E-state index contributed by atoms with van der Waals surface area (Å²) >= 11 is 0. The number of para-hydroxylation sites is 1. The van der Waals surface area contributed by atoms with Crippen LogP contribution in [-0.4, -0.2) is 47.6 Å². The molecule has 0 saturated carbocycles. The van der Waals surface area contributed by atoms with E-state index in [1.807, 2.05) is 37.3 Å². The zero-order valence-electron chi connectivity index (χ0n) is 11.7. The van der Waals surface area contributed by atoms with Crippen LogP contribution in [0, 0.1) is 0 Å². The predicted octanol–water partition coefficient (Wildman–Crippen LogP) is 1.59. The molecule has 1 heterocycles. The molecular formula is C15H20N2O3. The zero-order chi connectivity index (χ0) is 14.6. The highest BCUT2D eigenvalue weighted by atomic mass is 16.4. The van der Waals surface area contributed by atoms with E-state index in [0.29, 0.717) is 38.9 Å². The minimum atomic E-state index is -1.05. The minimum absolute atomic E-state index is 0.418. The first-order valence-corrected chi connectivity index (χ1v) is 6.89. The van der Waals surface area contributed by atoms with Crippen LogP contribution in [0.2, 0.25) is 0 Å². The average Bonchev–Trinajstić information content (AvgIpc) is 2.50. The monoisotopic (exact) mass is 276 g/mol. The molecule has 0 aromatic heterocycles. The first-order chi connectivity index (χ1) is 9.64. The maximum Gasteiger partial charge on any atom is 0.329 e. The van der Waals surface area contributed by atoms with Crippen molar-refractivity contribution in [1.82, 2.24) is 4.90 Å². The number of rotatable bonds is 5. The van der Waals surface area contributed by atoms with Crippen LogP contribution in [0.4, 0.5) is 5.69 Å². The number of piperidine rings is 1. The summed E-state index contributed by atoms with van der Waals surface area (Å²) in [5.74, 6) is -0.904. The molecule has 0 aliphatic carbocycles. The molecule has 0 bridgehead atoms. The second-order valence-electron chi connectivity index (χ2n) is 5.05. The zero-order valence-corrected chi connectivity index (χ0v) is 11.7. The molecule has 20 heavy (non-hydrogen) atoms. The van der Waals surface area contributed by atoms with Gasteiger partial charge in [-0.3, -0.25) is 4.79 Å². The lowest BCUT2D eigenvalue weighted by molar-refractivity contribution is -0.156. The molecule has 1 saturated heterocycles. The van der Waals surface area contributed by atoms with Crippen molar-refractivity contribution in [2.75, 3.05) is 24.5 Å². The van der Waals surface area contributed by atoms with E-state index >= 15 is 0 Å². The predicted molar refractivity (Wildman–Crippen MR) is 76.7 cm³/mol. The molecule has 0 spiro atoms. The molecule has 1 aromatic carbocycles. The number of hydrogen-bond acceptors (Lipinski definition) is 3. The fourth-order valence-corrected chi connectivity index (χ4v) is 2.88. The number of amides is 1. The summed E-state index contributed by atoms with van der Waals surface area (Å²) < 4.78 is 0. The van der Waals surface area contributed by atoms with Gasteiger partial charge in [0.05, 0.1) is 0 Å². The number of carboxylic acid groups (broad SMARTS) is 1. The van der Waals surface area contributed by atoms with E-state index in [1.165, 1.54) is 4.90 Å². The summed E-state index contributed by atoms with van der Waals surface area (Å²) in [6, 6.07) is 9.94. The number of likely N-dealkylation sites (N-methyl/N-ethyl adjacent to an activating group) is 1. The Hall–Kier alpha value is -2.04. The normalized spacial score (nSPS) is 17.6. The van der Waals surface area contributed by atoms with Gasteiger partial charge in [-0.25, -0.2) is 4.79 Å². The summed E-state index contributed by atoms with van der Waals surface area (Å²) in [4.78, 5) is 26.4. The van der Waals surface area contributed by atoms with E-state index < -0.39 is 11.5 Å². The average molecular weight is 276 g/mol. The number of carbonyl (C=O) groups excluding carboxylic acids is 1. The number of carboxylic acids is 1. The van der Waals surface area contributed by atoms with Crippen LogP contribution < -0.4 is 4.90 Å². The molecule has 0 unspecified atom stereocenters. The lowest BCUT2D eigenvalue weighted by Gasteiger charge is -2.44. The van der Waals surface area contributed by atoms with Crippen molar-refractivity contribution in [2.24, 2.45) is 0 Å². The molecular weight excluding hydrogens is 256 g/mol. The fourth-order valence-electron chi connectivity index (χ4n) is 2.88. The van der Waals surface area contributed by atoms with Gasteiger partial charge in [0.15, 0.2) is 0 Å². The topological polar surface area (TPSA) is 60.9 Å². The summed E-state index contributed by atoms with van der Waals surface area (Å²) in [6.07, 6.45) is 1.56. The van der Waals surface area contributed by atoms with E-state index in [-0.39, 0.29) is 0 Å². The number of carbonyl (C=O) groups is 2. The summed E-state index contributed by atoms with van der Waals surface area (Å²) in [5.41, 5.74) is 0.0440. The number of benzene rings is 1. The van der Waals surface area contributed by atoms with Crippen molar-refractivity contribution in [3.8, 4) is 0 Å². The van der Waals surface area contributed by atoms with E-state index in [4.69, 9.17) is 0 Å². The third-order valence-electron chi connectivity index (χ3n) is 4.13. The Labute approximate surface area is 118 Å². The van der Waals surface area contributed by atoms with E-state index in [2.05, 4.69) is 4.90 Å². The largest absolute Gasteiger partial charge is 0.479 e. The molecule has 1 fully saturated rings. The standard InChI is InChI=1S/C15H20N2O3/c1-2-17(12-18)15(14(19)20)8-10-16(11-9-15)13-6-4-3-5-7-13/h3-7,12H,2,8-11H2,1H3,(H,19,20).